The molecule has 20 heavy (non-hydrogen) atoms. The van der Waals surface area contributed by atoms with E-state index in [2.05, 4.69) is 31.2 Å². The van der Waals surface area contributed by atoms with Crippen LogP contribution in [-0.4, -0.2) is 30.4 Å². The minimum Gasteiger partial charge on any atom is -0.343 e. The Bertz CT molecular complexity index is 513. The van der Waals surface area contributed by atoms with Gasteiger partial charge in [-0.25, -0.2) is 0 Å². The smallest absolute Gasteiger partial charge is 0.226 e. The zero-order chi connectivity index (χ0) is 14.3. The Morgan fingerprint density at radius 1 is 1.45 bits per heavy atom. The van der Waals surface area contributed by atoms with Gasteiger partial charge in [0.05, 0.1) is 0 Å². The third kappa shape index (κ3) is 2.14. The zero-order valence-electron chi connectivity index (χ0n) is 12.4. The summed E-state index contributed by atoms with van der Waals surface area (Å²) in [4.78, 5) is 14.6. The predicted octanol–water partition coefficient (Wildman–Crippen LogP) is 2.16. The normalized spacial score (nSPS) is 28.2. The molecule has 2 N–H and O–H groups in total. The number of nitrogens with two attached hydrogens (primary N) is 1. The quantitative estimate of drug-likeness (QED) is 0.913. The van der Waals surface area contributed by atoms with E-state index in [0.717, 1.165) is 19.3 Å². The van der Waals surface area contributed by atoms with E-state index >= 15 is 0 Å². The molecule has 3 nitrogen and oxygen atoms in total. The number of benzene rings is 1. The van der Waals surface area contributed by atoms with E-state index in [4.69, 9.17) is 5.73 Å². The van der Waals surface area contributed by atoms with Crippen LogP contribution in [0.15, 0.2) is 24.3 Å². The van der Waals surface area contributed by atoms with E-state index < -0.39 is 0 Å². The highest BCUT2D eigenvalue weighted by molar-refractivity contribution is 5.84. The molecule has 0 bridgehead atoms. The summed E-state index contributed by atoms with van der Waals surface area (Å²) in [6, 6.07) is 8.87. The lowest BCUT2D eigenvalue weighted by Gasteiger charge is -2.25. The molecule has 108 valence electrons. The molecule has 0 spiro atoms. The summed E-state index contributed by atoms with van der Waals surface area (Å²) in [5, 5.41) is 0. The standard InChI is InChI=1S/C17H24N2O/c1-11(9-10-18)19(2)17(20)16-14-8-7-12-5-3-4-6-13(12)15(14)16/h3-6,11,14-16H,7-10,18H2,1-2H3. The lowest BCUT2D eigenvalue weighted by Crippen LogP contribution is -2.37. The molecule has 1 aromatic rings. The molecule has 1 aromatic carbocycles. The number of hydrogen-bond acceptors (Lipinski definition) is 2. The fraction of sp³-hybridized carbons (Fsp3) is 0.588. The topological polar surface area (TPSA) is 46.3 Å². The van der Waals surface area contributed by atoms with Gasteiger partial charge in [0.1, 0.15) is 0 Å². The highest BCUT2D eigenvalue weighted by Gasteiger charge is 2.57. The van der Waals surface area contributed by atoms with Gasteiger partial charge in [0.15, 0.2) is 0 Å². The van der Waals surface area contributed by atoms with E-state index in [1.165, 1.54) is 11.1 Å². The number of carbonyl (C=O) groups excluding carboxylic acids is 1. The van der Waals surface area contributed by atoms with Crippen LogP contribution < -0.4 is 5.73 Å². The predicted molar refractivity (Wildman–Crippen MR) is 80.4 cm³/mol. The molecule has 1 saturated carbocycles. The van der Waals surface area contributed by atoms with Gasteiger partial charge in [-0.2, -0.15) is 0 Å². The molecule has 2 aliphatic rings. The van der Waals surface area contributed by atoms with Crippen molar-refractivity contribution < 1.29 is 4.79 Å². The maximum absolute atomic E-state index is 12.7. The van der Waals surface area contributed by atoms with Gasteiger partial charge in [0.25, 0.3) is 0 Å². The molecule has 1 fully saturated rings. The molecule has 4 unspecified atom stereocenters. The number of amides is 1. The first-order valence-electron chi connectivity index (χ1n) is 7.69. The summed E-state index contributed by atoms with van der Waals surface area (Å²) in [5.74, 6) is 1.58. The Balaban J connectivity index is 1.74. The van der Waals surface area contributed by atoms with Crippen LogP contribution in [0.1, 0.15) is 36.8 Å². The Morgan fingerprint density at radius 3 is 2.95 bits per heavy atom. The van der Waals surface area contributed by atoms with Crippen molar-refractivity contribution in [2.24, 2.45) is 17.6 Å². The molecule has 0 heterocycles. The van der Waals surface area contributed by atoms with Gasteiger partial charge in [-0.05, 0) is 55.7 Å². The third-order valence-electron chi connectivity index (χ3n) is 5.21. The van der Waals surface area contributed by atoms with E-state index in [0.29, 0.717) is 24.3 Å². The van der Waals surface area contributed by atoms with Gasteiger partial charge in [0.2, 0.25) is 5.91 Å². The summed E-state index contributed by atoms with van der Waals surface area (Å²) >= 11 is 0. The van der Waals surface area contributed by atoms with Crippen LogP contribution >= 0.6 is 0 Å². The third-order valence-corrected chi connectivity index (χ3v) is 5.21. The molecule has 0 radical (unpaired) electrons. The minimum atomic E-state index is 0.212. The average molecular weight is 272 g/mol. The second-order valence-corrected chi connectivity index (χ2v) is 6.33. The molecule has 0 aliphatic heterocycles. The van der Waals surface area contributed by atoms with E-state index in [9.17, 15) is 4.79 Å². The second kappa shape index (κ2) is 5.21. The average Bonchev–Trinajstić information content (AvgIpc) is 3.21. The van der Waals surface area contributed by atoms with Crippen molar-refractivity contribution in [2.45, 2.75) is 38.1 Å². The van der Waals surface area contributed by atoms with Gasteiger partial charge in [-0.3, -0.25) is 4.79 Å². The van der Waals surface area contributed by atoms with Crippen LogP contribution in [-0.2, 0) is 11.2 Å². The maximum Gasteiger partial charge on any atom is 0.226 e. The molecule has 0 aromatic heterocycles. The van der Waals surface area contributed by atoms with Crippen LogP contribution in [0.25, 0.3) is 0 Å². The number of rotatable bonds is 4. The highest BCUT2D eigenvalue weighted by atomic mass is 16.2. The van der Waals surface area contributed by atoms with Crippen LogP contribution in [0.3, 0.4) is 0 Å². The Hall–Kier alpha value is -1.35. The van der Waals surface area contributed by atoms with E-state index in [-0.39, 0.29) is 12.0 Å². The monoisotopic (exact) mass is 272 g/mol. The van der Waals surface area contributed by atoms with Crippen LogP contribution in [0, 0.1) is 11.8 Å². The largest absolute Gasteiger partial charge is 0.343 e. The van der Waals surface area contributed by atoms with E-state index in [1.54, 1.807) is 0 Å². The van der Waals surface area contributed by atoms with Crippen molar-refractivity contribution in [1.29, 1.82) is 0 Å². The van der Waals surface area contributed by atoms with Crippen molar-refractivity contribution in [2.75, 3.05) is 13.6 Å². The van der Waals surface area contributed by atoms with Crippen molar-refractivity contribution in [3.8, 4) is 0 Å². The fourth-order valence-electron chi connectivity index (χ4n) is 3.79. The van der Waals surface area contributed by atoms with Crippen LogP contribution in [0.5, 0.6) is 0 Å². The first-order valence-corrected chi connectivity index (χ1v) is 7.69. The van der Waals surface area contributed by atoms with Gasteiger partial charge >= 0.3 is 0 Å². The number of nitrogens with zero attached hydrogens (tertiary/aromatic N) is 1. The van der Waals surface area contributed by atoms with Crippen LogP contribution in [0.2, 0.25) is 0 Å². The number of fused-ring (bicyclic) bond motifs is 3. The summed E-state index contributed by atoms with van der Waals surface area (Å²) in [5.41, 5.74) is 8.47. The van der Waals surface area contributed by atoms with Crippen molar-refractivity contribution in [3.63, 3.8) is 0 Å². The Labute approximate surface area is 121 Å². The molecule has 3 rings (SSSR count). The molecule has 4 atom stereocenters. The van der Waals surface area contributed by atoms with Gasteiger partial charge < -0.3 is 10.6 Å². The summed E-state index contributed by atoms with van der Waals surface area (Å²) < 4.78 is 0. The molecule has 1 amide bonds. The second-order valence-electron chi connectivity index (χ2n) is 6.33. The number of hydrogen-bond donors (Lipinski definition) is 1. The molecular weight excluding hydrogens is 248 g/mol. The highest BCUT2D eigenvalue weighted by Crippen LogP contribution is 2.60. The lowest BCUT2D eigenvalue weighted by atomic mass is 9.92. The molecule has 0 saturated heterocycles. The van der Waals surface area contributed by atoms with Crippen LogP contribution in [0.4, 0.5) is 0 Å². The molecule has 3 heteroatoms. The fourth-order valence-corrected chi connectivity index (χ4v) is 3.79. The van der Waals surface area contributed by atoms with Gasteiger partial charge in [-0.1, -0.05) is 24.3 Å². The number of carbonyl (C=O) groups is 1. The molecule has 2 aliphatic carbocycles. The SMILES string of the molecule is CC(CCN)N(C)C(=O)C1C2CCc3ccccc3C21. The van der Waals surface area contributed by atoms with Crippen molar-refractivity contribution >= 4 is 5.91 Å². The van der Waals surface area contributed by atoms with Gasteiger partial charge in [0, 0.05) is 19.0 Å². The van der Waals surface area contributed by atoms with Crippen molar-refractivity contribution in [1.82, 2.24) is 4.90 Å². The van der Waals surface area contributed by atoms with Crippen molar-refractivity contribution in [3.05, 3.63) is 35.4 Å². The minimum absolute atomic E-state index is 0.212. The Morgan fingerprint density at radius 2 is 2.20 bits per heavy atom. The maximum atomic E-state index is 12.7. The summed E-state index contributed by atoms with van der Waals surface area (Å²) in [6.45, 7) is 2.73. The Kier molecular flexibility index (Phi) is 3.55. The van der Waals surface area contributed by atoms with E-state index in [1.807, 2.05) is 11.9 Å². The summed E-state index contributed by atoms with van der Waals surface area (Å²) in [6.07, 6.45) is 3.17. The number of aryl methyl sites for hydroxylation is 1. The van der Waals surface area contributed by atoms with Gasteiger partial charge in [-0.15, -0.1) is 0 Å². The zero-order valence-corrected chi connectivity index (χ0v) is 12.4. The lowest BCUT2D eigenvalue weighted by molar-refractivity contribution is -0.133. The molecular formula is C17H24N2O. The first-order chi connectivity index (χ1) is 9.65. The summed E-state index contributed by atoms with van der Waals surface area (Å²) in [7, 11) is 1.93. The first kappa shape index (κ1) is 13.6.